The number of methoxy groups -OCH3 is 1. The van der Waals surface area contributed by atoms with E-state index in [1.54, 1.807) is 48.5 Å². The van der Waals surface area contributed by atoms with Crippen molar-refractivity contribution in [3.8, 4) is 5.75 Å². The topological polar surface area (TPSA) is 75.7 Å². The third-order valence-corrected chi connectivity index (χ3v) is 7.03. The molecule has 6 nitrogen and oxygen atoms in total. The molecule has 8 heteroatoms. The predicted octanol–water partition coefficient (Wildman–Crippen LogP) is 4.35. The maximum atomic E-state index is 13.0. The van der Waals surface area contributed by atoms with Crippen LogP contribution in [0.25, 0.3) is 0 Å². The van der Waals surface area contributed by atoms with Crippen molar-refractivity contribution >= 4 is 38.9 Å². The summed E-state index contributed by atoms with van der Waals surface area (Å²) in [5.41, 5.74) is 2.40. The minimum Gasteiger partial charge on any atom is -0.495 e. The lowest BCUT2D eigenvalue weighted by Gasteiger charge is -2.20. The summed E-state index contributed by atoms with van der Waals surface area (Å²) in [5.74, 6) is 0.272. The van der Waals surface area contributed by atoms with Crippen LogP contribution < -0.4 is 14.4 Å². The molecule has 1 amide bonds. The molecule has 1 heterocycles. The number of amides is 1. The number of nitrogens with one attached hydrogen (secondary N) is 1. The van der Waals surface area contributed by atoms with Gasteiger partial charge in [0.1, 0.15) is 5.75 Å². The van der Waals surface area contributed by atoms with Gasteiger partial charge in [0, 0.05) is 17.1 Å². The van der Waals surface area contributed by atoms with E-state index < -0.39 is 10.0 Å². The van der Waals surface area contributed by atoms with Gasteiger partial charge in [0.05, 0.1) is 23.4 Å². The summed E-state index contributed by atoms with van der Waals surface area (Å²) in [4.78, 5) is 12.9. The summed E-state index contributed by atoms with van der Waals surface area (Å²) in [5, 5.41) is 3.31. The number of hydrogen-bond donors (Lipinski definition) is 1. The third-order valence-electron chi connectivity index (χ3n) is 4.95. The highest BCUT2D eigenvalue weighted by atomic mass is 35.5. The van der Waals surface area contributed by atoms with Crippen molar-refractivity contribution < 1.29 is 17.9 Å². The SMILES string of the molecule is COc1ccccc1NC(=O)c1ccc2c(c1)CCN2S(=O)(=O)c1ccc(Cl)cc1. The minimum absolute atomic E-state index is 0.178. The van der Waals surface area contributed by atoms with E-state index in [-0.39, 0.29) is 10.8 Å². The lowest BCUT2D eigenvalue weighted by atomic mass is 10.1. The van der Waals surface area contributed by atoms with E-state index in [0.717, 1.165) is 5.56 Å². The Bertz CT molecular complexity index is 1210. The van der Waals surface area contributed by atoms with Crippen LogP contribution in [0.2, 0.25) is 5.02 Å². The fraction of sp³-hybridized carbons (Fsp3) is 0.136. The Kier molecular flexibility index (Phi) is 5.40. The molecule has 1 aliphatic rings. The smallest absolute Gasteiger partial charge is 0.264 e. The number of benzene rings is 3. The Morgan fingerprint density at radius 3 is 2.53 bits per heavy atom. The van der Waals surface area contributed by atoms with Crippen LogP contribution in [0.3, 0.4) is 0 Å². The maximum Gasteiger partial charge on any atom is 0.264 e. The average molecular weight is 443 g/mol. The van der Waals surface area contributed by atoms with Crippen molar-refractivity contribution in [2.24, 2.45) is 0 Å². The van der Waals surface area contributed by atoms with E-state index in [4.69, 9.17) is 16.3 Å². The van der Waals surface area contributed by atoms with Gasteiger partial charge >= 0.3 is 0 Å². The van der Waals surface area contributed by atoms with Gasteiger partial charge < -0.3 is 10.1 Å². The molecule has 0 unspecified atom stereocenters. The molecule has 3 aromatic rings. The van der Waals surface area contributed by atoms with Gasteiger partial charge in [-0.2, -0.15) is 0 Å². The number of hydrogen-bond acceptors (Lipinski definition) is 4. The zero-order chi connectivity index (χ0) is 21.3. The van der Waals surface area contributed by atoms with Crippen LogP contribution in [0.5, 0.6) is 5.75 Å². The van der Waals surface area contributed by atoms with Gasteiger partial charge in [-0.15, -0.1) is 0 Å². The number of anilines is 2. The van der Waals surface area contributed by atoms with Gasteiger partial charge in [0.25, 0.3) is 15.9 Å². The van der Waals surface area contributed by atoms with E-state index in [1.165, 1.54) is 23.5 Å². The highest BCUT2D eigenvalue weighted by molar-refractivity contribution is 7.92. The quantitative estimate of drug-likeness (QED) is 0.637. The van der Waals surface area contributed by atoms with Crippen molar-refractivity contribution in [1.82, 2.24) is 0 Å². The van der Waals surface area contributed by atoms with E-state index in [2.05, 4.69) is 5.32 Å². The number of ether oxygens (including phenoxy) is 1. The Labute approximate surface area is 180 Å². The van der Waals surface area contributed by atoms with Crippen LogP contribution in [-0.4, -0.2) is 28.0 Å². The van der Waals surface area contributed by atoms with Crippen LogP contribution in [0, 0.1) is 0 Å². The molecule has 0 fully saturated rings. The second kappa shape index (κ2) is 8.01. The second-order valence-electron chi connectivity index (χ2n) is 6.78. The number of halogens is 1. The maximum absolute atomic E-state index is 13.0. The fourth-order valence-electron chi connectivity index (χ4n) is 3.44. The Morgan fingerprint density at radius 2 is 1.80 bits per heavy atom. The van der Waals surface area contributed by atoms with E-state index in [9.17, 15) is 13.2 Å². The van der Waals surface area contributed by atoms with Gasteiger partial charge in [-0.25, -0.2) is 8.42 Å². The fourth-order valence-corrected chi connectivity index (χ4v) is 5.07. The predicted molar refractivity (Wildman–Crippen MR) is 117 cm³/mol. The highest BCUT2D eigenvalue weighted by Crippen LogP contribution is 2.34. The first kappa shape index (κ1) is 20.3. The van der Waals surface area contributed by atoms with E-state index in [1.807, 2.05) is 6.07 Å². The average Bonchev–Trinajstić information content (AvgIpc) is 3.18. The Hall–Kier alpha value is -3.03. The molecule has 0 radical (unpaired) electrons. The number of sulfonamides is 1. The first-order valence-electron chi connectivity index (χ1n) is 9.26. The molecular formula is C22H19ClN2O4S. The monoisotopic (exact) mass is 442 g/mol. The number of nitrogens with zero attached hydrogens (tertiary/aromatic N) is 1. The summed E-state index contributed by atoms with van der Waals surface area (Å²) in [6.07, 6.45) is 0.526. The van der Waals surface area contributed by atoms with Crippen LogP contribution in [-0.2, 0) is 16.4 Å². The number of rotatable bonds is 5. The molecule has 0 saturated carbocycles. The molecule has 0 spiro atoms. The first-order valence-corrected chi connectivity index (χ1v) is 11.1. The Balaban J connectivity index is 1.59. The summed E-state index contributed by atoms with van der Waals surface area (Å²) >= 11 is 5.87. The van der Waals surface area contributed by atoms with Crippen LogP contribution >= 0.6 is 11.6 Å². The number of carbonyl (C=O) groups is 1. The molecule has 0 atom stereocenters. The summed E-state index contributed by atoms with van der Waals surface area (Å²) < 4.78 is 32.7. The molecule has 4 rings (SSSR count). The molecule has 3 aromatic carbocycles. The van der Waals surface area contributed by atoms with Gasteiger partial charge in [-0.05, 0) is 66.6 Å². The molecule has 0 bridgehead atoms. The molecule has 1 N–H and O–H groups in total. The zero-order valence-corrected chi connectivity index (χ0v) is 17.7. The van der Waals surface area contributed by atoms with Crippen molar-refractivity contribution in [2.75, 3.05) is 23.3 Å². The van der Waals surface area contributed by atoms with Crippen molar-refractivity contribution in [2.45, 2.75) is 11.3 Å². The van der Waals surface area contributed by atoms with Crippen molar-refractivity contribution in [3.63, 3.8) is 0 Å². The number of fused-ring (bicyclic) bond motifs is 1. The first-order chi connectivity index (χ1) is 14.4. The van der Waals surface area contributed by atoms with Crippen molar-refractivity contribution in [1.29, 1.82) is 0 Å². The summed E-state index contributed by atoms with van der Waals surface area (Å²) in [6, 6.07) is 18.3. The standard InChI is InChI=1S/C22H19ClN2O4S/c1-29-21-5-3-2-4-19(21)24-22(26)16-6-11-20-15(14-16)12-13-25(20)30(27,28)18-9-7-17(23)8-10-18/h2-11,14H,12-13H2,1H3,(H,24,26). The second-order valence-corrected chi connectivity index (χ2v) is 9.08. The van der Waals surface area contributed by atoms with Gasteiger partial charge in [-0.3, -0.25) is 9.10 Å². The van der Waals surface area contributed by atoms with Gasteiger partial charge in [-0.1, -0.05) is 23.7 Å². The lowest BCUT2D eigenvalue weighted by molar-refractivity contribution is 0.102. The van der Waals surface area contributed by atoms with E-state index >= 15 is 0 Å². The van der Waals surface area contributed by atoms with Crippen LogP contribution in [0.1, 0.15) is 15.9 Å². The van der Waals surface area contributed by atoms with Gasteiger partial charge in [0.2, 0.25) is 0 Å². The lowest BCUT2D eigenvalue weighted by Crippen LogP contribution is -2.29. The normalized spacial score (nSPS) is 13.1. The zero-order valence-electron chi connectivity index (χ0n) is 16.1. The number of carbonyl (C=O) groups excluding carboxylic acids is 1. The summed E-state index contributed by atoms with van der Waals surface area (Å²) in [6.45, 7) is 0.317. The third kappa shape index (κ3) is 3.74. The van der Waals surface area contributed by atoms with Gasteiger partial charge in [0.15, 0.2) is 0 Å². The van der Waals surface area contributed by atoms with E-state index in [0.29, 0.717) is 40.7 Å². The van der Waals surface area contributed by atoms with Crippen LogP contribution in [0.4, 0.5) is 11.4 Å². The molecular weight excluding hydrogens is 424 g/mol. The highest BCUT2D eigenvalue weighted by Gasteiger charge is 2.31. The van der Waals surface area contributed by atoms with Crippen LogP contribution in [0.15, 0.2) is 71.6 Å². The largest absolute Gasteiger partial charge is 0.495 e. The molecule has 1 aliphatic heterocycles. The van der Waals surface area contributed by atoms with Crippen molar-refractivity contribution in [3.05, 3.63) is 82.9 Å². The minimum atomic E-state index is -3.70. The Morgan fingerprint density at radius 1 is 1.07 bits per heavy atom. The molecule has 0 saturated heterocycles. The molecule has 30 heavy (non-hydrogen) atoms. The molecule has 0 aliphatic carbocycles. The molecule has 154 valence electrons. The number of para-hydroxylation sites is 2. The molecule has 0 aromatic heterocycles. The summed E-state index contributed by atoms with van der Waals surface area (Å²) in [7, 11) is -2.16.